The number of hydrogen-bond donors (Lipinski definition) is 0. The molecule has 0 bridgehead atoms. The molecule has 0 saturated carbocycles. The molecular formula is C8H13N. The van der Waals surface area contributed by atoms with Crippen LogP contribution in [-0.2, 0) is 13.5 Å². The maximum absolute atomic E-state index is 2.20. The van der Waals surface area contributed by atoms with Crippen molar-refractivity contribution in [2.75, 3.05) is 0 Å². The Balaban J connectivity index is 2.61. The van der Waals surface area contributed by atoms with E-state index >= 15 is 0 Å². The molecule has 0 unspecified atom stereocenters. The fourth-order valence-corrected chi connectivity index (χ4v) is 0.997. The van der Waals surface area contributed by atoms with E-state index in [9.17, 15) is 0 Å². The summed E-state index contributed by atoms with van der Waals surface area (Å²) in [5, 5.41) is 0. The fraction of sp³-hybridized carbons (Fsp3) is 0.500. The van der Waals surface area contributed by atoms with Gasteiger partial charge in [-0.15, -0.1) is 0 Å². The first kappa shape index (κ1) is 6.40. The first-order chi connectivity index (χ1) is 4.33. The van der Waals surface area contributed by atoms with Gasteiger partial charge < -0.3 is 4.57 Å². The Morgan fingerprint density at radius 2 is 2.33 bits per heavy atom. The van der Waals surface area contributed by atoms with Gasteiger partial charge in [-0.05, 0) is 18.1 Å². The summed E-state index contributed by atoms with van der Waals surface area (Å²) >= 11 is 0. The average Bonchev–Trinajstić information content (AvgIpc) is 2.17. The molecule has 1 aromatic heterocycles. The van der Waals surface area contributed by atoms with Crippen LogP contribution in [0.5, 0.6) is 0 Å². The summed E-state index contributed by atoms with van der Waals surface area (Å²) in [6.45, 7) is 2.20. The smallest absolute Gasteiger partial charge is 0.0106 e. The Kier molecular flexibility index (Phi) is 1.93. The normalized spacial score (nSPS) is 10.0. The van der Waals surface area contributed by atoms with E-state index in [2.05, 4.69) is 37.0 Å². The average molecular weight is 123 g/mol. The third-order valence-corrected chi connectivity index (χ3v) is 1.43. The van der Waals surface area contributed by atoms with Crippen molar-refractivity contribution in [1.29, 1.82) is 0 Å². The van der Waals surface area contributed by atoms with E-state index in [-0.39, 0.29) is 0 Å². The summed E-state index contributed by atoms with van der Waals surface area (Å²) < 4.78 is 2.09. The molecule has 1 nitrogen and oxygen atoms in total. The number of rotatable bonds is 2. The molecule has 0 radical (unpaired) electrons. The molecule has 0 aliphatic rings. The van der Waals surface area contributed by atoms with Crippen LogP contribution in [-0.4, -0.2) is 4.57 Å². The van der Waals surface area contributed by atoms with Crippen molar-refractivity contribution in [3.05, 3.63) is 24.0 Å². The van der Waals surface area contributed by atoms with Crippen LogP contribution >= 0.6 is 0 Å². The lowest BCUT2D eigenvalue weighted by molar-refractivity contribution is 0.890. The minimum Gasteiger partial charge on any atom is -0.357 e. The van der Waals surface area contributed by atoms with Crippen LogP contribution in [0.15, 0.2) is 18.5 Å². The van der Waals surface area contributed by atoms with E-state index in [1.54, 1.807) is 0 Å². The van der Waals surface area contributed by atoms with Gasteiger partial charge in [0.2, 0.25) is 0 Å². The molecule has 1 heteroatoms. The maximum atomic E-state index is 2.20. The molecule has 50 valence electrons. The van der Waals surface area contributed by atoms with Crippen molar-refractivity contribution < 1.29 is 0 Å². The molecule has 1 heterocycles. The van der Waals surface area contributed by atoms with Crippen molar-refractivity contribution in [2.24, 2.45) is 7.05 Å². The standard InChI is InChI=1S/C8H13N/c1-3-4-8-5-6-9(2)7-8/h5-7H,3-4H2,1-2H3. The van der Waals surface area contributed by atoms with Gasteiger partial charge >= 0.3 is 0 Å². The predicted octanol–water partition coefficient (Wildman–Crippen LogP) is 1.98. The highest BCUT2D eigenvalue weighted by Gasteiger charge is 1.89. The number of aromatic nitrogens is 1. The summed E-state index contributed by atoms with van der Waals surface area (Å²) in [5.41, 5.74) is 1.44. The topological polar surface area (TPSA) is 4.93 Å². The zero-order valence-corrected chi connectivity index (χ0v) is 6.09. The van der Waals surface area contributed by atoms with Crippen LogP contribution in [0.3, 0.4) is 0 Å². The second kappa shape index (κ2) is 2.72. The molecule has 9 heavy (non-hydrogen) atoms. The maximum Gasteiger partial charge on any atom is 0.0106 e. The van der Waals surface area contributed by atoms with Gasteiger partial charge in [0.05, 0.1) is 0 Å². The van der Waals surface area contributed by atoms with Crippen LogP contribution < -0.4 is 0 Å². The summed E-state index contributed by atoms with van der Waals surface area (Å²) in [4.78, 5) is 0. The minimum absolute atomic E-state index is 1.21. The lowest BCUT2D eigenvalue weighted by atomic mass is 10.2. The van der Waals surface area contributed by atoms with Crippen LogP contribution in [0.2, 0.25) is 0 Å². The van der Waals surface area contributed by atoms with Gasteiger partial charge in [-0.3, -0.25) is 0 Å². The van der Waals surface area contributed by atoms with E-state index in [1.165, 1.54) is 18.4 Å². The van der Waals surface area contributed by atoms with Crippen molar-refractivity contribution in [1.82, 2.24) is 4.57 Å². The summed E-state index contributed by atoms with van der Waals surface area (Å²) in [5.74, 6) is 0. The number of nitrogens with zero attached hydrogens (tertiary/aromatic N) is 1. The quantitative estimate of drug-likeness (QED) is 0.566. The van der Waals surface area contributed by atoms with Gasteiger partial charge in [0.25, 0.3) is 0 Å². The van der Waals surface area contributed by atoms with Crippen LogP contribution in [0.25, 0.3) is 0 Å². The monoisotopic (exact) mass is 123 g/mol. The molecule has 1 rings (SSSR count). The minimum atomic E-state index is 1.21. The summed E-state index contributed by atoms with van der Waals surface area (Å²) in [7, 11) is 2.05. The Hall–Kier alpha value is -0.720. The lowest BCUT2D eigenvalue weighted by Gasteiger charge is -1.88. The van der Waals surface area contributed by atoms with E-state index in [4.69, 9.17) is 0 Å². The molecule has 1 aromatic rings. The molecule has 0 atom stereocenters. The molecule has 0 fully saturated rings. The Bertz CT molecular complexity index is 176. The third-order valence-electron chi connectivity index (χ3n) is 1.43. The zero-order chi connectivity index (χ0) is 6.69. The molecule has 0 N–H and O–H groups in total. The van der Waals surface area contributed by atoms with Gasteiger partial charge in [0, 0.05) is 19.4 Å². The van der Waals surface area contributed by atoms with Gasteiger partial charge in [0.1, 0.15) is 0 Å². The van der Waals surface area contributed by atoms with Crippen molar-refractivity contribution in [3.63, 3.8) is 0 Å². The second-order valence-electron chi connectivity index (χ2n) is 2.44. The molecule has 0 spiro atoms. The van der Waals surface area contributed by atoms with Crippen molar-refractivity contribution >= 4 is 0 Å². The van der Waals surface area contributed by atoms with E-state index in [0.29, 0.717) is 0 Å². The van der Waals surface area contributed by atoms with Crippen LogP contribution in [0.1, 0.15) is 18.9 Å². The third kappa shape index (κ3) is 1.60. The van der Waals surface area contributed by atoms with Gasteiger partial charge in [0.15, 0.2) is 0 Å². The molecule has 0 saturated heterocycles. The zero-order valence-electron chi connectivity index (χ0n) is 6.09. The van der Waals surface area contributed by atoms with Gasteiger partial charge in [-0.1, -0.05) is 13.3 Å². The highest BCUT2D eigenvalue weighted by atomic mass is 14.9. The molecule has 0 aromatic carbocycles. The van der Waals surface area contributed by atoms with Gasteiger partial charge in [-0.25, -0.2) is 0 Å². The molecule has 0 aliphatic carbocycles. The molecular weight excluding hydrogens is 110 g/mol. The summed E-state index contributed by atoms with van der Waals surface area (Å²) in [6.07, 6.45) is 6.71. The highest BCUT2D eigenvalue weighted by molar-refractivity contribution is 5.09. The SMILES string of the molecule is CCCc1ccn(C)c1. The Morgan fingerprint density at radius 3 is 2.78 bits per heavy atom. The van der Waals surface area contributed by atoms with E-state index in [1.807, 2.05) is 0 Å². The van der Waals surface area contributed by atoms with Crippen LogP contribution in [0, 0.1) is 0 Å². The first-order valence-electron chi connectivity index (χ1n) is 3.43. The Labute approximate surface area is 56.3 Å². The van der Waals surface area contributed by atoms with Crippen LogP contribution in [0.4, 0.5) is 0 Å². The predicted molar refractivity (Wildman–Crippen MR) is 39.4 cm³/mol. The molecule has 0 amide bonds. The summed E-state index contributed by atoms with van der Waals surface area (Å²) in [6, 6.07) is 2.17. The van der Waals surface area contributed by atoms with E-state index in [0.717, 1.165) is 0 Å². The fourth-order valence-electron chi connectivity index (χ4n) is 0.997. The largest absolute Gasteiger partial charge is 0.357 e. The first-order valence-corrected chi connectivity index (χ1v) is 3.43. The Morgan fingerprint density at radius 1 is 1.56 bits per heavy atom. The van der Waals surface area contributed by atoms with Crippen molar-refractivity contribution in [2.45, 2.75) is 19.8 Å². The van der Waals surface area contributed by atoms with Crippen molar-refractivity contribution in [3.8, 4) is 0 Å². The number of hydrogen-bond acceptors (Lipinski definition) is 0. The highest BCUT2D eigenvalue weighted by Crippen LogP contribution is 2.01. The van der Waals surface area contributed by atoms with E-state index < -0.39 is 0 Å². The van der Waals surface area contributed by atoms with Gasteiger partial charge in [-0.2, -0.15) is 0 Å². The number of aryl methyl sites for hydroxylation is 2. The lowest BCUT2D eigenvalue weighted by Crippen LogP contribution is -1.80. The molecule has 0 aliphatic heterocycles. The second-order valence-corrected chi connectivity index (χ2v) is 2.44.